The Labute approximate surface area is 58.4 Å². The first kappa shape index (κ1) is 7.47. The number of hydrogen-bond donors (Lipinski definition) is 1. The van der Waals surface area contributed by atoms with Gasteiger partial charge in [0, 0.05) is 4.53 Å². The van der Waals surface area contributed by atoms with Crippen molar-refractivity contribution in [3.8, 4) is 0 Å². The van der Waals surface area contributed by atoms with E-state index in [2.05, 4.69) is 10.3 Å². The maximum Gasteiger partial charge on any atom is 0.368 e. The van der Waals surface area contributed by atoms with Gasteiger partial charge < -0.3 is 5.32 Å². The molecule has 1 aliphatic heterocycles. The van der Waals surface area contributed by atoms with Crippen LogP contribution in [0, 0.1) is 0 Å². The minimum Gasteiger partial charge on any atom is -0.302 e. The summed E-state index contributed by atoms with van der Waals surface area (Å²) in [5.74, 6) is -0.815. The zero-order valence-electron chi connectivity index (χ0n) is 5.82. The Bertz CT molecular complexity index is 143. The smallest absolute Gasteiger partial charge is 0.302 e. The van der Waals surface area contributed by atoms with Gasteiger partial charge in [0.1, 0.15) is 5.54 Å². The monoisotopic (exact) mass is 147 g/mol. The molecular formula is C6H10FNO2. The van der Waals surface area contributed by atoms with E-state index in [-0.39, 0.29) is 0 Å². The minimum absolute atomic E-state index is 0.649. The largest absolute Gasteiger partial charge is 0.368 e. The second-order valence-electron chi connectivity index (χ2n) is 2.73. The zero-order chi connectivity index (χ0) is 7.61. The van der Waals surface area contributed by atoms with Gasteiger partial charge in [-0.15, -0.1) is 0 Å². The van der Waals surface area contributed by atoms with Gasteiger partial charge in [-0.2, -0.15) is 0 Å². The van der Waals surface area contributed by atoms with Crippen LogP contribution in [0.3, 0.4) is 0 Å². The maximum absolute atomic E-state index is 11.4. The molecule has 1 unspecified atom stereocenters. The molecule has 0 radical (unpaired) electrons. The van der Waals surface area contributed by atoms with Gasteiger partial charge in [-0.3, -0.25) is 4.94 Å². The number of hydrogen-bond acceptors (Lipinski definition) is 3. The summed E-state index contributed by atoms with van der Waals surface area (Å²) in [6, 6.07) is 0. The first-order chi connectivity index (χ1) is 4.69. The lowest BCUT2D eigenvalue weighted by Crippen LogP contribution is -2.44. The zero-order valence-corrected chi connectivity index (χ0v) is 5.82. The van der Waals surface area contributed by atoms with Crippen LogP contribution >= 0.6 is 0 Å². The molecule has 0 aromatic heterocycles. The normalized spacial score (nSPS) is 32.2. The summed E-state index contributed by atoms with van der Waals surface area (Å²) in [6.07, 6.45) is 1.54. The number of halogens is 1. The number of carbonyl (C=O) groups excluding carboxylic acids is 1. The van der Waals surface area contributed by atoms with Gasteiger partial charge >= 0.3 is 5.97 Å². The van der Waals surface area contributed by atoms with Crippen molar-refractivity contribution in [1.29, 1.82) is 0 Å². The molecule has 1 heterocycles. The van der Waals surface area contributed by atoms with Crippen molar-refractivity contribution in [1.82, 2.24) is 5.32 Å². The van der Waals surface area contributed by atoms with Gasteiger partial charge in [0.2, 0.25) is 0 Å². The summed E-state index contributed by atoms with van der Waals surface area (Å²) in [5.41, 5.74) is -0.783. The molecule has 1 saturated heterocycles. The van der Waals surface area contributed by atoms with Crippen LogP contribution in [0.2, 0.25) is 0 Å². The molecule has 0 saturated carbocycles. The minimum atomic E-state index is -0.815. The number of nitrogens with one attached hydrogen (secondary N) is 1. The molecule has 58 valence electrons. The Hall–Kier alpha value is -0.640. The predicted molar refractivity (Wildman–Crippen MR) is 32.8 cm³/mol. The van der Waals surface area contributed by atoms with Gasteiger partial charge in [-0.25, -0.2) is 4.79 Å². The predicted octanol–water partition coefficient (Wildman–Crippen LogP) is 0.556. The molecule has 0 bridgehead atoms. The lowest BCUT2D eigenvalue weighted by Gasteiger charge is -2.17. The highest BCUT2D eigenvalue weighted by Crippen LogP contribution is 2.19. The Kier molecular flexibility index (Phi) is 1.89. The van der Waals surface area contributed by atoms with Crippen molar-refractivity contribution in [3.05, 3.63) is 0 Å². The molecule has 0 amide bonds. The average Bonchev–Trinajstić information content (AvgIpc) is 2.36. The van der Waals surface area contributed by atoms with Crippen LogP contribution in [0.1, 0.15) is 19.8 Å². The fraction of sp³-hybridized carbons (Fsp3) is 0.833. The molecule has 1 rings (SSSR count). The summed E-state index contributed by atoms with van der Waals surface area (Å²) in [7, 11) is 0. The molecule has 1 atom stereocenters. The van der Waals surface area contributed by atoms with Crippen LogP contribution in [0.15, 0.2) is 0 Å². The van der Waals surface area contributed by atoms with E-state index in [9.17, 15) is 9.32 Å². The standard InChI is InChI=1S/C6H10FNO2/c1-6(5(9)10-7)3-2-4-8-6/h8H,2-4H2,1H3. The summed E-state index contributed by atoms with van der Waals surface area (Å²) < 4.78 is 11.4. The number of carbonyl (C=O) groups is 1. The Balaban J connectivity index is 2.58. The van der Waals surface area contributed by atoms with Gasteiger partial charge in [0.25, 0.3) is 0 Å². The SMILES string of the molecule is CC1(C(=O)OF)CCCN1. The van der Waals surface area contributed by atoms with Crippen LogP contribution in [0.4, 0.5) is 4.53 Å². The molecule has 0 aliphatic carbocycles. The highest BCUT2D eigenvalue weighted by molar-refractivity contribution is 5.80. The molecule has 0 spiro atoms. The fourth-order valence-electron chi connectivity index (χ4n) is 1.15. The Morgan fingerprint density at radius 2 is 2.50 bits per heavy atom. The number of rotatable bonds is 1. The summed E-state index contributed by atoms with van der Waals surface area (Å²) in [4.78, 5) is 13.8. The van der Waals surface area contributed by atoms with E-state index < -0.39 is 11.5 Å². The second kappa shape index (κ2) is 2.54. The maximum atomic E-state index is 11.4. The van der Waals surface area contributed by atoms with E-state index in [1.807, 2.05) is 0 Å². The van der Waals surface area contributed by atoms with Gasteiger partial charge in [0.15, 0.2) is 0 Å². The van der Waals surface area contributed by atoms with E-state index in [1.54, 1.807) is 6.92 Å². The van der Waals surface area contributed by atoms with Crippen LogP contribution in [0.25, 0.3) is 0 Å². The molecule has 1 aliphatic rings. The summed E-state index contributed by atoms with van der Waals surface area (Å²) >= 11 is 0. The van der Waals surface area contributed by atoms with Crippen molar-refractivity contribution >= 4 is 5.97 Å². The van der Waals surface area contributed by atoms with E-state index in [1.165, 1.54) is 0 Å². The van der Waals surface area contributed by atoms with Gasteiger partial charge in [0.05, 0.1) is 0 Å². The molecule has 1 N–H and O–H groups in total. The third-order valence-corrected chi connectivity index (χ3v) is 1.89. The van der Waals surface area contributed by atoms with E-state index in [4.69, 9.17) is 0 Å². The Morgan fingerprint density at radius 1 is 1.80 bits per heavy atom. The first-order valence-electron chi connectivity index (χ1n) is 3.27. The van der Waals surface area contributed by atoms with E-state index in [0.717, 1.165) is 13.0 Å². The quantitative estimate of drug-likeness (QED) is 0.588. The molecule has 3 nitrogen and oxygen atoms in total. The van der Waals surface area contributed by atoms with Crippen molar-refractivity contribution in [2.24, 2.45) is 0 Å². The summed E-state index contributed by atoms with van der Waals surface area (Å²) in [5, 5.41) is 2.87. The average molecular weight is 147 g/mol. The van der Waals surface area contributed by atoms with Gasteiger partial charge in [-0.05, 0) is 26.3 Å². The molecule has 4 heteroatoms. The van der Waals surface area contributed by atoms with Crippen molar-refractivity contribution < 1.29 is 14.3 Å². The topological polar surface area (TPSA) is 38.3 Å². The van der Waals surface area contributed by atoms with Crippen molar-refractivity contribution in [2.75, 3.05) is 6.54 Å². The second-order valence-corrected chi connectivity index (χ2v) is 2.73. The fourth-order valence-corrected chi connectivity index (χ4v) is 1.15. The van der Waals surface area contributed by atoms with Crippen molar-refractivity contribution in [3.63, 3.8) is 0 Å². The van der Waals surface area contributed by atoms with Crippen LogP contribution in [-0.2, 0) is 9.74 Å². The summed E-state index contributed by atoms with van der Waals surface area (Å²) in [6.45, 7) is 2.40. The van der Waals surface area contributed by atoms with E-state index in [0.29, 0.717) is 6.42 Å². The highest BCUT2D eigenvalue weighted by atomic mass is 19.3. The molecule has 10 heavy (non-hydrogen) atoms. The molecular weight excluding hydrogens is 137 g/mol. The van der Waals surface area contributed by atoms with Crippen LogP contribution in [-0.4, -0.2) is 18.1 Å². The molecule has 0 aromatic rings. The Morgan fingerprint density at radius 3 is 2.90 bits per heavy atom. The van der Waals surface area contributed by atoms with Crippen LogP contribution in [0.5, 0.6) is 0 Å². The first-order valence-corrected chi connectivity index (χ1v) is 3.27. The molecule has 0 aromatic carbocycles. The lowest BCUT2D eigenvalue weighted by molar-refractivity contribution is -0.190. The third kappa shape index (κ3) is 1.11. The van der Waals surface area contributed by atoms with E-state index >= 15 is 0 Å². The van der Waals surface area contributed by atoms with Gasteiger partial charge in [-0.1, -0.05) is 0 Å². The van der Waals surface area contributed by atoms with Crippen molar-refractivity contribution in [2.45, 2.75) is 25.3 Å². The molecule has 1 fully saturated rings. The highest BCUT2D eigenvalue weighted by Gasteiger charge is 2.38. The third-order valence-electron chi connectivity index (χ3n) is 1.89. The van der Waals surface area contributed by atoms with Crippen LogP contribution < -0.4 is 5.32 Å². The lowest BCUT2D eigenvalue weighted by atomic mass is 10.0.